The number of carbonyl (C=O) groups excluding carboxylic acids is 2. The van der Waals surface area contributed by atoms with Gasteiger partial charge in [-0.1, -0.05) is 97.8 Å². The van der Waals surface area contributed by atoms with Gasteiger partial charge in [-0.15, -0.1) is 0 Å². The van der Waals surface area contributed by atoms with Gasteiger partial charge in [0.25, 0.3) is 0 Å². The molecule has 0 aromatic heterocycles. The summed E-state index contributed by atoms with van der Waals surface area (Å²) in [5.41, 5.74) is -0.000248. The molecule has 1 aliphatic carbocycles. The highest BCUT2D eigenvalue weighted by molar-refractivity contribution is 5.86. The van der Waals surface area contributed by atoms with Crippen molar-refractivity contribution < 1.29 is 9.59 Å². The maximum absolute atomic E-state index is 12.7. The molecule has 0 radical (unpaired) electrons. The molecule has 2 heteroatoms. The first-order valence-corrected chi connectivity index (χ1v) is 12.5. The van der Waals surface area contributed by atoms with Crippen LogP contribution in [0.15, 0.2) is 0 Å². The van der Waals surface area contributed by atoms with Gasteiger partial charge in [-0.05, 0) is 37.5 Å². The summed E-state index contributed by atoms with van der Waals surface area (Å²) >= 11 is 0. The van der Waals surface area contributed by atoms with E-state index in [1.807, 2.05) is 0 Å². The second-order valence-electron chi connectivity index (χ2n) is 9.88. The number of Topliss-reactive ketones (excluding diaryl/α,β-unsaturated/α-hetero) is 1. The zero-order valence-electron chi connectivity index (χ0n) is 19.3. The zero-order valence-corrected chi connectivity index (χ0v) is 19.3. The summed E-state index contributed by atoms with van der Waals surface area (Å²) in [6, 6.07) is 0. The van der Waals surface area contributed by atoms with Crippen molar-refractivity contribution in [2.45, 2.75) is 136 Å². The summed E-state index contributed by atoms with van der Waals surface area (Å²) in [5.74, 6) is 1.66. The lowest BCUT2D eigenvalue weighted by Gasteiger charge is -2.41. The number of hydrogen-bond donors (Lipinski definition) is 0. The number of aldehydes is 1. The van der Waals surface area contributed by atoms with E-state index in [4.69, 9.17) is 0 Å². The molecule has 1 fully saturated rings. The predicted octanol–water partition coefficient (Wildman–Crippen LogP) is 8.07. The van der Waals surface area contributed by atoms with E-state index in [0.29, 0.717) is 17.6 Å². The molecule has 0 spiro atoms. The predicted molar refractivity (Wildman–Crippen MR) is 121 cm³/mol. The van der Waals surface area contributed by atoms with E-state index in [1.165, 1.54) is 83.5 Å². The molecule has 164 valence electrons. The second kappa shape index (κ2) is 15.2. The van der Waals surface area contributed by atoms with Crippen molar-refractivity contribution in [1.29, 1.82) is 0 Å². The van der Waals surface area contributed by atoms with Gasteiger partial charge in [-0.25, -0.2) is 0 Å². The van der Waals surface area contributed by atoms with Crippen LogP contribution >= 0.6 is 0 Å². The molecule has 2 atom stereocenters. The Morgan fingerprint density at radius 3 is 1.75 bits per heavy atom. The molecular weight excluding hydrogens is 344 g/mol. The van der Waals surface area contributed by atoms with Crippen molar-refractivity contribution in [3.8, 4) is 0 Å². The molecule has 0 N–H and O–H groups in total. The molecule has 1 aliphatic rings. The molecule has 1 saturated carbocycles. The lowest BCUT2D eigenvalue weighted by molar-refractivity contribution is -0.136. The minimum absolute atomic E-state index is 0.000248. The Labute approximate surface area is 175 Å². The van der Waals surface area contributed by atoms with Crippen LogP contribution in [-0.2, 0) is 9.59 Å². The van der Waals surface area contributed by atoms with Crippen LogP contribution in [0.25, 0.3) is 0 Å². The van der Waals surface area contributed by atoms with Crippen molar-refractivity contribution >= 4 is 12.1 Å². The molecule has 0 bridgehead atoms. The van der Waals surface area contributed by atoms with Gasteiger partial charge in [0.2, 0.25) is 0 Å². The van der Waals surface area contributed by atoms with E-state index < -0.39 is 0 Å². The molecule has 2 nitrogen and oxygen atoms in total. The number of unbranched alkanes of at least 4 members (excludes halogenated alkanes) is 13. The third kappa shape index (κ3) is 9.70. The first kappa shape index (κ1) is 25.4. The summed E-state index contributed by atoms with van der Waals surface area (Å²) in [4.78, 5) is 23.0. The van der Waals surface area contributed by atoms with Crippen molar-refractivity contribution in [2.24, 2.45) is 17.3 Å². The minimum Gasteiger partial charge on any atom is -0.303 e. The van der Waals surface area contributed by atoms with Crippen LogP contribution in [0.2, 0.25) is 0 Å². The molecule has 0 aliphatic heterocycles. The standard InChI is InChI=1S/C26H48O2/c1-23(2)26(20-18-24(3)22-25(26)28)19-16-14-12-10-8-6-4-5-7-9-11-13-15-17-21-27/h21,23-24H,4-20,22H2,1-3H3. The summed E-state index contributed by atoms with van der Waals surface area (Å²) in [6.07, 6.45) is 23.2. The van der Waals surface area contributed by atoms with Gasteiger partial charge in [-0.3, -0.25) is 4.79 Å². The van der Waals surface area contributed by atoms with Crippen LogP contribution in [0.4, 0.5) is 0 Å². The van der Waals surface area contributed by atoms with Gasteiger partial charge in [-0.2, -0.15) is 0 Å². The van der Waals surface area contributed by atoms with Gasteiger partial charge in [0.15, 0.2) is 0 Å². The number of hydrogen-bond acceptors (Lipinski definition) is 2. The van der Waals surface area contributed by atoms with Gasteiger partial charge in [0, 0.05) is 18.3 Å². The van der Waals surface area contributed by atoms with Gasteiger partial charge in [0.05, 0.1) is 0 Å². The van der Waals surface area contributed by atoms with Crippen LogP contribution in [0.3, 0.4) is 0 Å². The van der Waals surface area contributed by atoms with Crippen LogP contribution in [0.5, 0.6) is 0 Å². The molecule has 1 rings (SSSR count). The van der Waals surface area contributed by atoms with E-state index in [-0.39, 0.29) is 5.41 Å². The molecule has 28 heavy (non-hydrogen) atoms. The molecule has 0 aromatic carbocycles. The molecular formula is C26H48O2. The lowest BCUT2D eigenvalue weighted by atomic mass is 9.61. The number of ketones is 1. The first-order chi connectivity index (χ1) is 13.5. The van der Waals surface area contributed by atoms with Crippen molar-refractivity contribution in [1.82, 2.24) is 0 Å². The average Bonchev–Trinajstić information content (AvgIpc) is 2.66. The maximum Gasteiger partial charge on any atom is 0.139 e. The normalized spacial score (nSPS) is 22.7. The molecule has 0 saturated heterocycles. The van der Waals surface area contributed by atoms with Gasteiger partial charge >= 0.3 is 0 Å². The summed E-state index contributed by atoms with van der Waals surface area (Å²) in [6.45, 7) is 6.76. The topological polar surface area (TPSA) is 34.1 Å². The van der Waals surface area contributed by atoms with Crippen LogP contribution in [0.1, 0.15) is 136 Å². The third-order valence-electron chi connectivity index (χ3n) is 7.22. The fraction of sp³-hybridized carbons (Fsp3) is 0.923. The zero-order chi connectivity index (χ0) is 20.7. The van der Waals surface area contributed by atoms with E-state index in [2.05, 4.69) is 20.8 Å². The minimum atomic E-state index is -0.000248. The van der Waals surface area contributed by atoms with E-state index >= 15 is 0 Å². The fourth-order valence-electron chi connectivity index (χ4n) is 5.04. The Morgan fingerprint density at radius 2 is 1.32 bits per heavy atom. The van der Waals surface area contributed by atoms with E-state index in [9.17, 15) is 9.59 Å². The van der Waals surface area contributed by atoms with Crippen molar-refractivity contribution in [3.63, 3.8) is 0 Å². The number of carbonyl (C=O) groups is 2. The Bertz CT molecular complexity index is 415. The Morgan fingerprint density at radius 1 is 0.857 bits per heavy atom. The monoisotopic (exact) mass is 392 g/mol. The average molecular weight is 393 g/mol. The molecule has 2 unspecified atom stereocenters. The first-order valence-electron chi connectivity index (χ1n) is 12.5. The second-order valence-corrected chi connectivity index (χ2v) is 9.88. The van der Waals surface area contributed by atoms with E-state index in [0.717, 1.165) is 38.4 Å². The number of rotatable bonds is 17. The lowest BCUT2D eigenvalue weighted by Crippen LogP contribution is -2.41. The summed E-state index contributed by atoms with van der Waals surface area (Å²) < 4.78 is 0. The Hall–Kier alpha value is -0.660. The molecule has 0 aromatic rings. The van der Waals surface area contributed by atoms with Crippen LogP contribution in [0, 0.1) is 17.3 Å². The van der Waals surface area contributed by atoms with Crippen LogP contribution < -0.4 is 0 Å². The highest BCUT2D eigenvalue weighted by Gasteiger charge is 2.43. The van der Waals surface area contributed by atoms with E-state index in [1.54, 1.807) is 0 Å². The van der Waals surface area contributed by atoms with Gasteiger partial charge < -0.3 is 4.79 Å². The summed E-state index contributed by atoms with van der Waals surface area (Å²) in [5, 5.41) is 0. The highest BCUT2D eigenvalue weighted by atomic mass is 16.1. The molecule has 0 amide bonds. The SMILES string of the molecule is CC1CCC(CCCCCCCCCCCCCCCC=O)(C(C)C)C(=O)C1. The smallest absolute Gasteiger partial charge is 0.139 e. The van der Waals surface area contributed by atoms with Crippen LogP contribution in [-0.4, -0.2) is 12.1 Å². The largest absolute Gasteiger partial charge is 0.303 e. The maximum atomic E-state index is 12.7. The Kier molecular flexibility index (Phi) is 13.8. The Balaban J connectivity index is 1.97. The quantitative estimate of drug-likeness (QED) is 0.185. The third-order valence-corrected chi connectivity index (χ3v) is 7.22. The van der Waals surface area contributed by atoms with Gasteiger partial charge in [0.1, 0.15) is 12.1 Å². The van der Waals surface area contributed by atoms with Crippen molar-refractivity contribution in [2.75, 3.05) is 0 Å². The van der Waals surface area contributed by atoms with Crippen molar-refractivity contribution in [3.05, 3.63) is 0 Å². The molecule has 0 heterocycles. The summed E-state index contributed by atoms with van der Waals surface area (Å²) in [7, 11) is 0. The highest BCUT2D eigenvalue weighted by Crippen LogP contribution is 2.45. The fourth-order valence-corrected chi connectivity index (χ4v) is 5.04.